The molecule has 0 aliphatic heterocycles. The van der Waals surface area contributed by atoms with Crippen molar-refractivity contribution in [2.45, 2.75) is 31.7 Å². The Bertz CT molecular complexity index is 748. The Balaban J connectivity index is 2.19. The summed E-state index contributed by atoms with van der Waals surface area (Å²) in [6.07, 6.45) is 3.86. The van der Waals surface area contributed by atoms with Gasteiger partial charge in [-0.3, -0.25) is 0 Å². The molecule has 0 radical (unpaired) electrons. The van der Waals surface area contributed by atoms with Gasteiger partial charge in [0.15, 0.2) is 0 Å². The molecule has 0 amide bonds. The minimum absolute atomic E-state index is 0.148. The second kappa shape index (κ2) is 7.57. The first-order valence-electron chi connectivity index (χ1n) is 7.71. The number of sulfonamides is 1. The van der Waals surface area contributed by atoms with Crippen molar-refractivity contribution in [3.8, 4) is 0 Å². The Morgan fingerprint density at radius 2 is 1.57 bits per heavy atom. The second-order valence-electron chi connectivity index (χ2n) is 5.97. The maximum absolute atomic E-state index is 12.5. The summed E-state index contributed by atoms with van der Waals surface area (Å²) in [7, 11) is -3.53. The molecule has 0 spiro atoms. The summed E-state index contributed by atoms with van der Waals surface area (Å²) in [5.74, 6) is 0.148. The van der Waals surface area contributed by atoms with E-state index in [1.54, 1.807) is 24.3 Å². The highest BCUT2D eigenvalue weighted by atomic mass is 32.2. The molecule has 1 N–H and O–H groups in total. The van der Waals surface area contributed by atoms with E-state index in [-0.39, 0.29) is 12.0 Å². The minimum Gasteiger partial charge on any atom is -0.207 e. The van der Waals surface area contributed by atoms with Crippen LogP contribution in [0.5, 0.6) is 0 Å². The van der Waals surface area contributed by atoms with Crippen molar-refractivity contribution in [3.63, 3.8) is 0 Å². The Morgan fingerprint density at radius 3 is 2.13 bits per heavy atom. The molecule has 0 bridgehead atoms. The molecule has 2 rings (SSSR count). The Labute approximate surface area is 139 Å². The molecule has 0 unspecified atom stereocenters. The van der Waals surface area contributed by atoms with Crippen molar-refractivity contribution < 1.29 is 8.42 Å². The average molecular weight is 329 g/mol. The molecule has 23 heavy (non-hydrogen) atoms. The molecule has 0 saturated heterocycles. The van der Waals surface area contributed by atoms with E-state index < -0.39 is 10.0 Å². The molecule has 0 heterocycles. The summed E-state index contributed by atoms with van der Waals surface area (Å²) >= 11 is 0. The molecule has 0 fully saturated rings. The molecular formula is C19H23NO2S. The number of nitrogens with one attached hydrogen (secondary N) is 1. The van der Waals surface area contributed by atoms with E-state index in [1.807, 2.05) is 63.3 Å². The topological polar surface area (TPSA) is 46.2 Å². The fourth-order valence-corrected chi connectivity index (χ4v) is 3.48. The zero-order valence-electron chi connectivity index (χ0n) is 13.7. The summed E-state index contributed by atoms with van der Waals surface area (Å²) in [5.41, 5.74) is 2.08. The highest BCUT2D eigenvalue weighted by molar-refractivity contribution is 7.89. The lowest BCUT2D eigenvalue weighted by molar-refractivity contribution is 0.510. The van der Waals surface area contributed by atoms with Gasteiger partial charge in [-0.2, -0.15) is 0 Å². The first-order valence-corrected chi connectivity index (χ1v) is 9.19. The monoisotopic (exact) mass is 329 g/mol. The van der Waals surface area contributed by atoms with Crippen LogP contribution in [0.15, 0.2) is 65.6 Å². The van der Waals surface area contributed by atoms with Crippen molar-refractivity contribution in [1.82, 2.24) is 4.72 Å². The van der Waals surface area contributed by atoms with E-state index in [0.29, 0.717) is 4.90 Å². The van der Waals surface area contributed by atoms with E-state index in [1.165, 1.54) is 0 Å². The van der Waals surface area contributed by atoms with Crippen LogP contribution >= 0.6 is 0 Å². The zero-order chi connectivity index (χ0) is 16.9. The molecule has 4 heteroatoms. The third kappa shape index (κ3) is 5.05. The van der Waals surface area contributed by atoms with Gasteiger partial charge in [0.1, 0.15) is 0 Å². The number of aryl methyl sites for hydroxylation is 1. The van der Waals surface area contributed by atoms with Gasteiger partial charge in [-0.05, 0) is 30.5 Å². The smallest absolute Gasteiger partial charge is 0.207 e. The molecule has 3 nitrogen and oxygen atoms in total. The van der Waals surface area contributed by atoms with Crippen molar-refractivity contribution in [2.75, 3.05) is 0 Å². The predicted octanol–water partition coefficient (Wildman–Crippen LogP) is 4.01. The SMILES string of the molecule is Cc1ccc(S(=O)(=O)N[C@H](/C=C/c2ccccc2)C(C)C)cc1. The maximum Gasteiger partial charge on any atom is 0.241 e. The van der Waals surface area contributed by atoms with Gasteiger partial charge in [0.25, 0.3) is 0 Å². The van der Waals surface area contributed by atoms with Crippen LogP contribution in [-0.4, -0.2) is 14.5 Å². The quantitative estimate of drug-likeness (QED) is 0.870. The van der Waals surface area contributed by atoms with Crippen LogP contribution in [-0.2, 0) is 10.0 Å². The van der Waals surface area contributed by atoms with Crippen LogP contribution < -0.4 is 4.72 Å². The van der Waals surface area contributed by atoms with Gasteiger partial charge < -0.3 is 0 Å². The molecule has 0 aliphatic rings. The van der Waals surface area contributed by atoms with E-state index in [4.69, 9.17) is 0 Å². The molecule has 2 aromatic carbocycles. The third-order valence-corrected chi connectivity index (χ3v) is 5.11. The number of hydrogen-bond donors (Lipinski definition) is 1. The normalized spacial score (nSPS) is 13.6. The van der Waals surface area contributed by atoms with Crippen LogP contribution in [0.3, 0.4) is 0 Å². The highest BCUT2D eigenvalue weighted by Crippen LogP contribution is 2.14. The summed E-state index contributed by atoms with van der Waals surface area (Å²) in [6.45, 7) is 5.93. The lowest BCUT2D eigenvalue weighted by Gasteiger charge is -2.19. The van der Waals surface area contributed by atoms with E-state index in [9.17, 15) is 8.42 Å². The van der Waals surface area contributed by atoms with Gasteiger partial charge in [0.05, 0.1) is 4.90 Å². The summed E-state index contributed by atoms with van der Waals surface area (Å²) in [6, 6.07) is 16.5. The van der Waals surface area contributed by atoms with Gasteiger partial charge >= 0.3 is 0 Å². The van der Waals surface area contributed by atoms with Crippen molar-refractivity contribution in [2.24, 2.45) is 5.92 Å². The van der Waals surface area contributed by atoms with Crippen LogP contribution in [0.2, 0.25) is 0 Å². The number of rotatable bonds is 6. The molecule has 0 aliphatic carbocycles. The standard InChI is InChI=1S/C19H23NO2S/c1-15(2)19(14-11-17-7-5-4-6-8-17)20-23(21,22)18-12-9-16(3)10-13-18/h4-15,19-20H,1-3H3/b14-11+/t19-/m1/s1. The Morgan fingerprint density at radius 1 is 0.957 bits per heavy atom. The molecule has 122 valence electrons. The van der Waals surface area contributed by atoms with Gasteiger partial charge in [0, 0.05) is 6.04 Å². The van der Waals surface area contributed by atoms with Gasteiger partial charge in [0.2, 0.25) is 10.0 Å². The Kier molecular flexibility index (Phi) is 5.74. The van der Waals surface area contributed by atoms with Crippen LogP contribution in [0.4, 0.5) is 0 Å². The molecular weight excluding hydrogens is 306 g/mol. The van der Waals surface area contributed by atoms with Gasteiger partial charge in [-0.15, -0.1) is 0 Å². The van der Waals surface area contributed by atoms with Crippen LogP contribution in [0.25, 0.3) is 6.08 Å². The highest BCUT2D eigenvalue weighted by Gasteiger charge is 2.20. The van der Waals surface area contributed by atoms with Crippen LogP contribution in [0, 0.1) is 12.8 Å². The number of benzene rings is 2. The first-order chi connectivity index (χ1) is 10.9. The van der Waals surface area contributed by atoms with Crippen molar-refractivity contribution in [1.29, 1.82) is 0 Å². The number of hydrogen-bond acceptors (Lipinski definition) is 2. The van der Waals surface area contributed by atoms with Crippen molar-refractivity contribution in [3.05, 3.63) is 71.8 Å². The molecule has 0 aromatic heterocycles. The molecule has 1 atom stereocenters. The lowest BCUT2D eigenvalue weighted by atomic mass is 10.0. The van der Waals surface area contributed by atoms with Crippen molar-refractivity contribution >= 4 is 16.1 Å². The Hall–Kier alpha value is -1.91. The van der Waals surface area contributed by atoms with Gasteiger partial charge in [-0.25, -0.2) is 13.1 Å². The summed E-state index contributed by atoms with van der Waals surface area (Å²) in [4.78, 5) is 0.293. The largest absolute Gasteiger partial charge is 0.241 e. The fourth-order valence-electron chi connectivity index (χ4n) is 2.14. The fraction of sp³-hybridized carbons (Fsp3) is 0.263. The predicted molar refractivity (Wildman–Crippen MR) is 95.6 cm³/mol. The minimum atomic E-state index is -3.53. The average Bonchev–Trinajstić information content (AvgIpc) is 2.52. The molecule has 0 saturated carbocycles. The maximum atomic E-state index is 12.5. The van der Waals surface area contributed by atoms with Gasteiger partial charge in [-0.1, -0.05) is 74.0 Å². The summed E-state index contributed by atoms with van der Waals surface area (Å²) < 4.78 is 27.8. The van der Waals surface area contributed by atoms with E-state index in [0.717, 1.165) is 11.1 Å². The summed E-state index contributed by atoms with van der Waals surface area (Å²) in [5, 5.41) is 0. The van der Waals surface area contributed by atoms with E-state index in [2.05, 4.69) is 4.72 Å². The second-order valence-corrected chi connectivity index (χ2v) is 7.69. The molecule has 2 aromatic rings. The zero-order valence-corrected chi connectivity index (χ0v) is 14.5. The third-order valence-electron chi connectivity index (χ3n) is 3.64. The lowest BCUT2D eigenvalue weighted by Crippen LogP contribution is -2.37. The van der Waals surface area contributed by atoms with Crippen LogP contribution in [0.1, 0.15) is 25.0 Å². The first kappa shape index (κ1) is 17.4. The van der Waals surface area contributed by atoms with E-state index >= 15 is 0 Å².